The highest BCUT2D eigenvalue weighted by molar-refractivity contribution is 6.30. The van der Waals surface area contributed by atoms with Crippen molar-refractivity contribution >= 4 is 17.6 Å². The summed E-state index contributed by atoms with van der Waals surface area (Å²) in [5.74, 6) is 1.50. The molecule has 1 saturated carbocycles. The first-order valence-corrected chi connectivity index (χ1v) is 9.98. The lowest BCUT2D eigenvalue weighted by Gasteiger charge is -2.40. The molecule has 1 aromatic carbocycles. The second-order valence-electron chi connectivity index (χ2n) is 7.46. The van der Waals surface area contributed by atoms with Crippen molar-refractivity contribution < 1.29 is 0 Å². The zero-order chi connectivity index (χ0) is 17.6. The Kier molecular flexibility index (Phi) is 6.60. The van der Waals surface area contributed by atoms with Crippen LogP contribution < -0.4 is 10.6 Å². The Morgan fingerprint density at radius 3 is 2.76 bits per heavy atom. The van der Waals surface area contributed by atoms with Gasteiger partial charge in [-0.15, -0.1) is 0 Å². The van der Waals surface area contributed by atoms with E-state index in [1.165, 1.54) is 44.1 Å². The highest BCUT2D eigenvalue weighted by Crippen LogP contribution is 2.35. The summed E-state index contributed by atoms with van der Waals surface area (Å²) in [6.07, 6.45) is 7.66. The molecule has 5 heteroatoms. The second-order valence-corrected chi connectivity index (χ2v) is 7.90. The number of hydrogen-bond acceptors (Lipinski definition) is 2. The van der Waals surface area contributed by atoms with Gasteiger partial charge in [-0.2, -0.15) is 0 Å². The highest BCUT2D eigenvalue weighted by Gasteiger charge is 2.30. The molecule has 2 N–H and O–H groups in total. The molecular formula is C20H31ClN4. The molecule has 2 atom stereocenters. The van der Waals surface area contributed by atoms with E-state index in [1.54, 1.807) is 0 Å². The minimum atomic E-state index is 0.407. The Balaban J connectivity index is 1.64. The Morgan fingerprint density at radius 1 is 1.24 bits per heavy atom. The molecule has 2 unspecified atom stereocenters. The molecular weight excluding hydrogens is 332 g/mol. The van der Waals surface area contributed by atoms with Crippen molar-refractivity contribution in [1.29, 1.82) is 0 Å². The molecule has 25 heavy (non-hydrogen) atoms. The van der Waals surface area contributed by atoms with Crippen LogP contribution in [0.25, 0.3) is 0 Å². The summed E-state index contributed by atoms with van der Waals surface area (Å²) in [5.41, 5.74) is 1.32. The van der Waals surface area contributed by atoms with Gasteiger partial charge in [-0.3, -0.25) is 9.89 Å². The van der Waals surface area contributed by atoms with Gasteiger partial charge in [-0.25, -0.2) is 0 Å². The third-order valence-corrected chi connectivity index (χ3v) is 5.88. The zero-order valence-corrected chi connectivity index (χ0v) is 16.2. The minimum absolute atomic E-state index is 0.407. The van der Waals surface area contributed by atoms with E-state index in [4.69, 9.17) is 11.6 Å². The number of rotatable bonds is 4. The molecule has 0 radical (unpaired) electrons. The van der Waals surface area contributed by atoms with Crippen molar-refractivity contribution in [2.45, 2.75) is 50.6 Å². The van der Waals surface area contributed by atoms with E-state index in [9.17, 15) is 0 Å². The lowest BCUT2D eigenvalue weighted by Crippen LogP contribution is -2.47. The van der Waals surface area contributed by atoms with Crippen molar-refractivity contribution in [2.24, 2.45) is 10.9 Å². The predicted octanol–water partition coefficient (Wildman–Crippen LogP) is 3.83. The van der Waals surface area contributed by atoms with Gasteiger partial charge in [0.05, 0.1) is 0 Å². The Labute approximate surface area is 157 Å². The fourth-order valence-electron chi connectivity index (χ4n) is 4.38. The molecule has 1 aliphatic heterocycles. The van der Waals surface area contributed by atoms with Crippen LogP contribution >= 0.6 is 11.6 Å². The first-order chi connectivity index (χ1) is 12.2. The van der Waals surface area contributed by atoms with Gasteiger partial charge in [0.2, 0.25) is 0 Å². The number of guanidine groups is 1. The van der Waals surface area contributed by atoms with Gasteiger partial charge in [0.1, 0.15) is 0 Å². The average molecular weight is 363 g/mol. The normalized spacial score (nSPS) is 26.0. The van der Waals surface area contributed by atoms with E-state index >= 15 is 0 Å². The number of nitrogens with zero attached hydrogens (tertiary/aromatic N) is 2. The van der Waals surface area contributed by atoms with Crippen molar-refractivity contribution in [3.05, 3.63) is 34.9 Å². The van der Waals surface area contributed by atoms with Crippen molar-refractivity contribution in [1.82, 2.24) is 15.5 Å². The number of aliphatic imine (C=N–C) groups is 1. The third-order valence-electron chi connectivity index (χ3n) is 5.65. The molecule has 138 valence electrons. The van der Waals surface area contributed by atoms with E-state index in [2.05, 4.69) is 45.8 Å². The number of piperidine rings is 1. The van der Waals surface area contributed by atoms with Gasteiger partial charge in [-0.05, 0) is 62.9 Å². The SMILES string of the molecule is CN=C(NCC1CCCN(C)C1c1cccc(Cl)c1)NC1CCCC1. The topological polar surface area (TPSA) is 39.7 Å². The highest BCUT2D eigenvalue weighted by atomic mass is 35.5. The lowest BCUT2D eigenvalue weighted by atomic mass is 9.85. The molecule has 1 saturated heterocycles. The first-order valence-electron chi connectivity index (χ1n) is 9.60. The fourth-order valence-corrected chi connectivity index (χ4v) is 4.58. The monoisotopic (exact) mass is 362 g/mol. The van der Waals surface area contributed by atoms with E-state index in [0.29, 0.717) is 18.0 Å². The number of likely N-dealkylation sites (tertiary alicyclic amines) is 1. The molecule has 0 amide bonds. The van der Waals surface area contributed by atoms with Crippen LogP contribution in [0.5, 0.6) is 0 Å². The fraction of sp³-hybridized carbons (Fsp3) is 0.650. The molecule has 3 rings (SSSR count). The van der Waals surface area contributed by atoms with Gasteiger partial charge in [0.15, 0.2) is 5.96 Å². The molecule has 2 fully saturated rings. The van der Waals surface area contributed by atoms with Crippen LogP contribution in [0.1, 0.15) is 50.1 Å². The van der Waals surface area contributed by atoms with Crippen LogP contribution in [0.2, 0.25) is 5.02 Å². The number of hydrogen-bond donors (Lipinski definition) is 2. The molecule has 1 aromatic rings. The van der Waals surface area contributed by atoms with Crippen LogP contribution in [-0.2, 0) is 0 Å². The van der Waals surface area contributed by atoms with E-state index in [0.717, 1.165) is 24.1 Å². The minimum Gasteiger partial charge on any atom is -0.356 e. The van der Waals surface area contributed by atoms with E-state index < -0.39 is 0 Å². The number of halogens is 1. The molecule has 1 heterocycles. The molecule has 2 aliphatic rings. The van der Waals surface area contributed by atoms with Crippen LogP contribution in [0.4, 0.5) is 0 Å². The van der Waals surface area contributed by atoms with Crippen molar-refractivity contribution in [3.8, 4) is 0 Å². The maximum absolute atomic E-state index is 6.24. The van der Waals surface area contributed by atoms with E-state index in [-0.39, 0.29) is 0 Å². The van der Waals surface area contributed by atoms with Crippen LogP contribution in [0.15, 0.2) is 29.3 Å². The lowest BCUT2D eigenvalue weighted by molar-refractivity contribution is 0.122. The molecule has 0 aromatic heterocycles. The quantitative estimate of drug-likeness (QED) is 0.631. The summed E-state index contributed by atoms with van der Waals surface area (Å²) in [6, 6.07) is 9.33. The number of benzene rings is 1. The zero-order valence-electron chi connectivity index (χ0n) is 15.5. The summed E-state index contributed by atoms with van der Waals surface area (Å²) in [4.78, 5) is 6.89. The average Bonchev–Trinajstić information content (AvgIpc) is 3.11. The maximum atomic E-state index is 6.24. The van der Waals surface area contributed by atoms with Gasteiger partial charge >= 0.3 is 0 Å². The van der Waals surface area contributed by atoms with Crippen LogP contribution in [-0.4, -0.2) is 44.1 Å². The van der Waals surface area contributed by atoms with Crippen molar-refractivity contribution in [2.75, 3.05) is 27.2 Å². The Morgan fingerprint density at radius 2 is 2.04 bits per heavy atom. The summed E-state index contributed by atoms with van der Waals surface area (Å²) < 4.78 is 0. The molecule has 0 bridgehead atoms. The summed E-state index contributed by atoms with van der Waals surface area (Å²) in [7, 11) is 4.09. The standard InChI is InChI=1S/C20H31ClN4/c1-22-20(24-18-10-3-4-11-18)23-14-16-8-6-12-25(2)19(16)15-7-5-9-17(21)13-15/h5,7,9,13,16,18-19H,3-4,6,8,10-12,14H2,1-2H3,(H2,22,23,24). The smallest absolute Gasteiger partial charge is 0.191 e. The van der Waals surface area contributed by atoms with Gasteiger partial charge in [0.25, 0.3) is 0 Å². The molecule has 1 aliphatic carbocycles. The molecule has 4 nitrogen and oxygen atoms in total. The van der Waals surface area contributed by atoms with Crippen LogP contribution in [0, 0.1) is 5.92 Å². The summed E-state index contributed by atoms with van der Waals surface area (Å²) in [6.45, 7) is 2.08. The maximum Gasteiger partial charge on any atom is 0.191 e. The second kappa shape index (κ2) is 8.91. The largest absolute Gasteiger partial charge is 0.356 e. The summed E-state index contributed by atoms with van der Waals surface area (Å²) >= 11 is 6.24. The third kappa shape index (κ3) is 4.89. The van der Waals surface area contributed by atoms with Crippen LogP contribution in [0.3, 0.4) is 0 Å². The number of nitrogens with one attached hydrogen (secondary N) is 2. The van der Waals surface area contributed by atoms with Gasteiger partial charge < -0.3 is 10.6 Å². The first kappa shape index (κ1) is 18.5. The summed E-state index contributed by atoms with van der Waals surface area (Å²) in [5, 5.41) is 7.99. The Bertz CT molecular complexity index is 583. The molecule has 0 spiro atoms. The van der Waals surface area contributed by atoms with Crippen molar-refractivity contribution in [3.63, 3.8) is 0 Å². The predicted molar refractivity (Wildman–Crippen MR) is 106 cm³/mol. The van der Waals surface area contributed by atoms with Gasteiger partial charge in [-0.1, -0.05) is 36.6 Å². The van der Waals surface area contributed by atoms with Gasteiger partial charge in [0, 0.05) is 30.7 Å². The Hall–Kier alpha value is -1.26. The van der Waals surface area contributed by atoms with E-state index in [1.807, 2.05) is 13.1 Å².